The van der Waals surface area contributed by atoms with E-state index in [2.05, 4.69) is 5.16 Å². The molecule has 0 radical (unpaired) electrons. The molecule has 0 aromatic heterocycles. The van der Waals surface area contributed by atoms with Crippen LogP contribution < -0.4 is 0 Å². The zero-order valence-corrected chi connectivity index (χ0v) is 11.2. The Morgan fingerprint density at radius 1 is 1.25 bits per heavy atom. The molecule has 1 N–H and O–H groups in total. The minimum atomic E-state index is -4.62. The molecule has 0 saturated carbocycles. The molecule has 110 valence electrons. The molecule has 0 aliphatic carbocycles. The highest BCUT2D eigenvalue weighted by molar-refractivity contribution is 5.92. The summed E-state index contributed by atoms with van der Waals surface area (Å²) in [6.07, 6.45) is -3.81. The fourth-order valence-electron chi connectivity index (χ4n) is 1.41. The summed E-state index contributed by atoms with van der Waals surface area (Å²) < 4.78 is 43.2. The second-order valence-electron chi connectivity index (χ2n) is 5.09. The first-order valence-electron chi connectivity index (χ1n) is 5.66. The average molecular weight is 289 g/mol. The Balaban J connectivity index is 3.25. The second-order valence-corrected chi connectivity index (χ2v) is 5.09. The number of ether oxygens (including phenoxy) is 1. The summed E-state index contributed by atoms with van der Waals surface area (Å²) in [4.78, 5) is 11.8. The monoisotopic (exact) mass is 289 g/mol. The molecule has 1 aromatic carbocycles. The molecule has 20 heavy (non-hydrogen) atoms. The van der Waals surface area contributed by atoms with Crippen LogP contribution in [-0.2, 0) is 10.9 Å². The predicted molar refractivity (Wildman–Crippen MR) is 66.0 cm³/mol. The van der Waals surface area contributed by atoms with Gasteiger partial charge in [0.2, 0.25) is 0 Å². The summed E-state index contributed by atoms with van der Waals surface area (Å²) in [6, 6.07) is 2.62. The van der Waals surface area contributed by atoms with E-state index in [0.717, 1.165) is 18.3 Å². The van der Waals surface area contributed by atoms with Crippen molar-refractivity contribution in [3.63, 3.8) is 0 Å². The van der Waals surface area contributed by atoms with Gasteiger partial charge in [0.15, 0.2) is 0 Å². The number of nitrogens with zero attached hydrogens (tertiary/aromatic N) is 1. The van der Waals surface area contributed by atoms with Crippen molar-refractivity contribution in [1.29, 1.82) is 0 Å². The molecular formula is C13H14F3NO3. The maximum absolute atomic E-state index is 12.7. The van der Waals surface area contributed by atoms with Gasteiger partial charge in [-0.25, -0.2) is 4.79 Å². The zero-order valence-electron chi connectivity index (χ0n) is 11.2. The van der Waals surface area contributed by atoms with Crippen molar-refractivity contribution in [3.05, 3.63) is 34.9 Å². The van der Waals surface area contributed by atoms with Gasteiger partial charge in [-0.2, -0.15) is 13.2 Å². The Morgan fingerprint density at radius 2 is 1.85 bits per heavy atom. The van der Waals surface area contributed by atoms with E-state index in [4.69, 9.17) is 9.94 Å². The van der Waals surface area contributed by atoms with Crippen molar-refractivity contribution < 1.29 is 27.9 Å². The third kappa shape index (κ3) is 4.56. The maximum Gasteiger partial charge on any atom is 0.416 e. The molecule has 0 heterocycles. The Kier molecular flexibility index (Phi) is 4.42. The quantitative estimate of drug-likeness (QED) is 0.392. The van der Waals surface area contributed by atoms with Crippen LogP contribution in [0.3, 0.4) is 0 Å². The van der Waals surface area contributed by atoms with Crippen molar-refractivity contribution in [2.45, 2.75) is 32.5 Å². The van der Waals surface area contributed by atoms with Gasteiger partial charge in [0.05, 0.1) is 17.3 Å². The smallest absolute Gasteiger partial charge is 0.416 e. The first kappa shape index (κ1) is 16.0. The minimum absolute atomic E-state index is 0.0526. The third-order valence-corrected chi connectivity index (χ3v) is 2.12. The molecule has 0 bridgehead atoms. The number of benzene rings is 1. The van der Waals surface area contributed by atoms with E-state index in [1.54, 1.807) is 20.8 Å². The van der Waals surface area contributed by atoms with Crippen LogP contribution in [0.2, 0.25) is 0 Å². The molecule has 0 atom stereocenters. The lowest BCUT2D eigenvalue weighted by Gasteiger charge is -2.20. The first-order valence-corrected chi connectivity index (χ1v) is 5.66. The Bertz CT molecular complexity index is 531. The molecule has 0 aliphatic rings. The van der Waals surface area contributed by atoms with Gasteiger partial charge in [0.25, 0.3) is 0 Å². The first-order chi connectivity index (χ1) is 9.03. The van der Waals surface area contributed by atoms with Crippen LogP contribution in [-0.4, -0.2) is 23.0 Å². The van der Waals surface area contributed by atoms with Gasteiger partial charge in [-0.15, -0.1) is 0 Å². The number of halogens is 3. The summed E-state index contributed by atoms with van der Waals surface area (Å²) >= 11 is 0. The number of rotatable bonds is 2. The highest BCUT2D eigenvalue weighted by Crippen LogP contribution is 2.31. The third-order valence-electron chi connectivity index (χ3n) is 2.12. The standard InChI is InChI=1S/C13H14F3NO3/c1-12(2,3)20-11(18)9-4-8(7-17-19)5-10(6-9)13(14,15)16/h4-7,19H,1-3H3. The molecule has 0 fully saturated rings. The van der Waals surface area contributed by atoms with Gasteiger partial charge in [-0.05, 0) is 44.5 Å². The van der Waals surface area contributed by atoms with Crippen LogP contribution in [0.5, 0.6) is 0 Å². The van der Waals surface area contributed by atoms with Gasteiger partial charge in [-0.3, -0.25) is 0 Å². The van der Waals surface area contributed by atoms with Gasteiger partial charge in [0.1, 0.15) is 5.60 Å². The number of carbonyl (C=O) groups excluding carboxylic acids is 1. The van der Waals surface area contributed by atoms with Gasteiger partial charge in [0, 0.05) is 0 Å². The highest BCUT2D eigenvalue weighted by atomic mass is 19.4. The van der Waals surface area contributed by atoms with Crippen molar-refractivity contribution >= 4 is 12.2 Å². The molecule has 0 amide bonds. The van der Waals surface area contributed by atoms with Crippen molar-refractivity contribution in [1.82, 2.24) is 0 Å². The van der Waals surface area contributed by atoms with Crippen LogP contribution in [0.25, 0.3) is 0 Å². The lowest BCUT2D eigenvalue weighted by molar-refractivity contribution is -0.137. The molecule has 0 unspecified atom stereocenters. The number of esters is 1. The largest absolute Gasteiger partial charge is 0.456 e. The predicted octanol–water partition coefficient (Wildman–Crippen LogP) is 3.47. The van der Waals surface area contributed by atoms with Crippen LogP contribution >= 0.6 is 0 Å². The fourth-order valence-corrected chi connectivity index (χ4v) is 1.41. The highest BCUT2D eigenvalue weighted by Gasteiger charge is 2.32. The SMILES string of the molecule is CC(C)(C)OC(=O)c1cc(C=NO)cc(C(F)(F)F)c1. The summed E-state index contributed by atoms with van der Waals surface area (Å²) in [5, 5.41) is 11.1. The van der Waals surface area contributed by atoms with Crippen molar-refractivity contribution in [2.24, 2.45) is 5.16 Å². The van der Waals surface area contributed by atoms with Crippen LogP contribution in [0.15, 0.2) is 23.4 Å². The van der Waals surface area contributed by atoms with E-state index >= 15 is 0 Å². The molecular weight excluding hydrogens is 275 g/mol. The Labute approximate surface area is 113 Å². The number of carbonyl (C=O) groups is 1. The molecule has 0 saturated heterocycles. The lowest BCUT2D eigenvalue weighted by Crippen LogP contribution is -2.24. The normalized spacial score (nSPS) is 12.7. The second kappa shape index (κ2) is 5.52. The van der Waals surface area contributed by atoms with Crippen molar-refractivity contribution in [2.75, 3.05) is 0 Å². The van der Waals surface area contributed by atoms with E-state index in [0.29, 0.717) is 6.07 Å². The molecule has 1 rings (SSSR count). The van der Waals surface area contributed by atoms with E-state index in [1.165, 1.54) is 0 Å². The molecule has 1 aromatic rings. The van der Waals surface area contributed by atoms with E-state index in [1.807, 2.05) is 0 Å². The lowest BCUT2D eigenvalue weighted by atomic mass is 10.1. The van der Waals surface area contributed by atoms with Gasteiger partial charge < -0.3 is 9.94 Å². The molecule has 0 aliphatic heterocycles. The van der Waals surface area contributed by atoms with Crippen LogP contribution in [0.1, 0.15) is 42.3 Å². The van der Waals surface area contributed by atoms with Crippen molar-refractivity contribution in [3.8, 4) is 0 Å². The summed E-state index contributed by atoms with van der Waals surface area (Å²) in [7, 11) is 0. The summed E-state index contributed by atoms with van der Waals surface area (Å²) in [5.41, 5.74) is -2.15. The topological polar surface area (TPSA) is 58.9 Å². The average Bonchev–Trinajstić information content (AvgIpc) is 2.25. The zero-order chi connectivity index (χ0) is 15.6. The number of oxime groups is 1. The minimum Gasteiger partial charge on any atom is -0.456 e. The van der Waals surface area contributed by atoms with Gasteiger partial charge >= 0.3 is 12.1 Å². The fraction of sp³-hybridized carbons (Fsp3) is 0.385. The number of hydrogen-bond acceptors (Lipinski definition) is 4. The van der Waals surface area contributed by atoms with Crippen LogP contribution in [0, 0.1) is 0 Å². The van der Waals surface area contributed by atoms with Crippen LogP contribution in [0.4, 0.5) is 13.2 Å². The number of alkyl halides is 3. The van der Waals surface area contributed by atoms with E-state index in [9.17, 15) is 18.0 Å². The maximum atomic E-state index is 12.7. The van der Waals surface area contributed by atoms with E-state index < -0.39 is 23.3 Å². The molecule has 0 spiro atoms. The Hall–Kier alpha value is -2.05. The molecule has 7 heteroatoms. The van der Waals surface area contributed by atoms with Gasteiger partial charge in [-0.1, -0.05) is 5.16 Å². The summed E-state index contributed by atoms with van der Waals surface area (Å²) in [5.74, 6) is -0.879. The Morgan fingerprint density at radius 3 is 2.30 bits per heavy atom. The van der Waals surface area contributed by atoms with E-state index in [-0.39, 0.29) is 11.1 Å². The molecule has 4 nitrogen and oxygen atoms in total. The number of hydrogen-bond donors (Lipinski definition) is 1. The summed E-state index contributed by atoms with van der Waals surface area (Å²) in [6.45, 7) is 4.82.